The summed E-state index contributed by atoms with van der Waals surface area (Å²) in [6.45, 7) is 0.726. The molecule has 2 aromatic carbocycles. The molecular formula is C26H28N4OS. The Balaban J connectivity index is 1.51. The molecule has 0 radical (unpaired) electrons. The van der Waals surface area contributed by atoms with Crippen molar-refractivity contribution in [3.8, 4) is 17.0 Å². The van der Waals surface area contributed by atoms with Crippen LogP contribution in [0.1, 0.15) is 37.7 Å². The molecule has 0 atom stereocenters. The Labute approximate surface area is 193 Å². The van der Waals surface area contributed by atoms with Crippen LogP contribution in [0.15, 0.2) is 72.0 Å². The predicted octanol–water partition coefficient (Wildman–Crippen LogP) is 6.44. The van der Waals surface area contributed by atoms with Gasteiger partial charge in [-0.25, -0.2) is 4.98 Å². The zero-order chi connectivity index (χ0) is 21.8. The van der Waals surface area contributed by atoms with E-state index in [1.165, 1.54) is 42.6 Å². The van der Waals surface area contributed by atoms with Crippen LogP contribution in [-0.4, -0.2) is 26.7 Å². The molecular weight excluding hydrogens is 416 g/mol. The van der Waals surface area contributed by atoms with Crippen molar-refractivity contribution in [3.05, 3.63) is 72.7 Å². The fourth-order valence-electron chi connectivity index (χ4n) is 4.34. The number of anilines is 1. The molecule has 2 aromatic heterocycles. The summed E-state index contributed by atoms with van der Waals surface area (Å²) in [7, 11) is 1.75. The van der Waals surface area contributed by atoms with E-state index in [-0.39, 0.29) is 0 Å². The quantitative estimate of drug-likeness (QED) is 0.355. The number of nitrogens with one attached hydrogen (secondary N) is 1. The van der Waals surface area contributed by atoms with Crippen molar-refractivity contribution >= 4 is 23.2 Å². The van der Waals surface area contributed by atoms with Gasteiger partial charge in [-0.05, 0) is 36.6 Å². The molecule has 5 rings (SSSR count). The third-order valence-electron chi connectivity index (χ3n) is 6.02. The second-order valence-corrected chi connectivity index (χ2v) is 9.54. The molecule has 1 aliphatic carbocycles. The molecule has 164 valence electrons. The summed E-state index contributed by atoms with van der Waals surface area (Å²) in [5.74, 6) is 1.92. The molecule has 0 bridgehead atoms. The van der Waals surface area contributed by atoms with E-state index in [0.29, 0.717) is 5.25 Å². The highest BCUT2D eigenvalue weighted by Crippen LogP contribution is 2.41. The first-order valence-corrected chi connectivity index (χ1v) is 12.1. The van der Waals surface area contributed by atoms with Crippen molar-refractivity contribution in [2.45, 2.75) is 48.8 Å². The highest BCUT2D eigenvalue weighted by atomic mass is 32.2. The van der Waals surface area contributed by atoms with Gasteiger partial charge in [-0.3, -0.25) is 9.38 Å². The van der Waals surface area contributed by atoms with E-state index >= 15 is 0 Å². The topological polar surface area (TPSA) is 51.5 Å². The van der Waals surface area contributed by atoms with E-state index in [1.807, 2.05) is 24.0 Å². The van der Waals surface area contributed by atoms with Crippen molar-refractivity contribution < 1.29 is 4.74 Å². The molecule has 2 heterocycles. The van der Waals surface area contributed by atoms with Crippen LogP contribution in [0.3, 0.4) is 0 Å². The molecule has 1 fully saturated rings. The van der Waals surface area contributed by atoms with Crippen LogP contribution in [-0.2, 0) is 6.54 Å². The molecule has 0 spiro atoms. The van der Waals surface area contributed by atoms with E-state index < -0.39 is 0 Å². The Morgan fingerprint density at radius 2 is 1.94 bits per heavy atom. The molecule has 6 heteroatoms. The minimum absolute atomic E-state index is 0.661. The molecule has 1 N–H and O–H groups in total. The van der Waals surface area contributed by atoms with Crippen LogP contribution in [0, 0.1) is 0 Å². The largest absolute Gasteiger partial charge is 0.496 e. The summed E-state index contributed by atoms with van der Waals surface area (Å²) in [6.07, 6.45) is 12.1. The summed E-state index contributed by atoms with van der Waals surface area (Å²) in [6, 6.07) is 16.8. The molecule has 4 aromatic rings. The lowest BCUT2D eigenvalue weighted by molar-refractivity contribution is 0.404. The van der Waals surface area contributed by atoms with E-state index in [4.69, 9.17) is 9.72 Å². The average Bonchev–Trinajstić information content (AvgIpc) is 3.22. The maximum absolute atomic E-state index is 5.70. The first-order chi connectivity index (χ1) is 15.8. The highest BCUT2D eigenvalue weighted by Gasteiger charge is 2.20. The van der Waals surface area contributed by atoms with Gasteiger partial charge in [0.05, 0.1) is 18.2 Å². The van der Waals surface area contributed by atoms with Crippen LogP contribution in [0.4, 0.5) is 5.82 Å². The summed E-state index contributed by atoms with van der Waals surface area (Å²) in [5.41, 5.74) is 4.08. The number of imidazole rings is 1. The lowest BCUT2D eigenvalue weighted by Gasteiger charge is -2.22. The number of fused-ring (bicyclic) bond motifs is 1. The average molecular weight is 445 g/mol. The number of hydrogen-bond acceptors (Lipinski definition) is 5. The maximum Gasteiger partial charge on any atom is 0.157 e. The number of benzene rings is 2. The van der Waals surface area contributed by atoms with E-state index in [1.54, 1.807) is 19.5 Å². The Morgan fingerprint density at radius 1 is 1.09 bits per heavy atom. The van der Waals surface area contributed by atoms with Gasteiger partial charge in [0, 0.05) is 29.8 Å². The molecule has 32 heavy (non-hydrogen) atoms. The van der Waals surface area contributed by atoms with Crippen LogP contribution in [0.25, 0.3) is 16.9 Å². The Morgan fingerprint density at radius 3 is 2.75 bits per heavy atom. The van der Waals surface area contributed by atoms with E-state index in [9.17, 15) is 0 Å². The third-order valence-corrected chi connectivity index (χ3v) is 7.39. The monoisotopic (exact) mass is 444 g/mol. The van der Waals surface area contributed by atoms with Gasteiger partial charge in [-0.1, -0.05) is 49.6 Å². The molecule has 0 aliphatic heterocycles. The van der Waals surface area contributed by atoms with Crippen LogP contribution < -0.4 is 10.1 Å². The van der Waals surface area contributed by atoms with Gasteiger partial charge in [0.2, 0.25) is 0 Å². The van der Waals surface area contributed by atoms with Crippen molar-refractivity contribution in [2.75, 3.05) is 12.4 Å². The fraction of sp³-hybridized carbons (Fsp3) is 0.308. The fourth-order valence-corrected chi connectivity index (χ4v) is 5.73. The van der Waals surface area contributed by atoms with E-state index in [2.05, 4.69) is 57.2 Å². The number of ether oxygens (including phenoxy) is 1. The summed E-state index contributed by atoms with van der Waals surface area (Å²) in [4.78, 5) is 10.4. The Hall–Kier alpha value is -2.99. The SMILES string of the molecule is COc1ccc(-c2nc3cnccn3c2NCc2ccccc2)cc1SC1CCCCC1. The molecule has 0 unspecified atom stereocenters. The van der Waals surface area contributed by atoms with Gasteiger partial charge in [0.15, 0.2) is 5.65 Å². The molecule has 0 amide bonds. The van der Waals surface area contributed by atoms with Crippen molar-refractivity contribution in [1.82, 2.24) is 14.4 Å². The van der Waals surface area contributed by atoms with Crippen LogP contribution >= 0.6 is 11.8 Å². The highest BCUT2D eigenvalue weighted by molar-refractivity contribution is 8.00. The maximum atomic E-state index is 5.70. The van der Waals surface area contributed by atoms with Gasteiger partial charge in [-0.2, -0.15) is 0 Å². The number of aromatic nitrogens is 3. The first-order valence-electron chi connectivity index (χ1n) is 11.3. The molecule has 1 aliphatic rings. The lowest BCUT2D eigenvalue weighted by Crippen LogP contribution is -2.08. The number of methoxy groups -OCH3 is 1. The summed E-state index contributed by atoms with van der Waals surface area (Å²) in [5, 5.41) is 4.28. The minimum Gasteiger partial charge on any atom is -0.496 e. The van der Waals surface area contributed by atoms with Gasteiger partial charge in [0.1, 0.15) is 17.3 Å². The standard InChI is InChI=1S/C26H28N4OS/c1-31-22-13-12-20(16-23(22)32-21-10-6-3-7-11-21)25-26(28-17-19-8-4-2-5-9-19)30-15-14-27-18-24(30)29-25/h2,4-5,8-9,12-16,18,21,28H,3,6-7,10-11,17H2,1H3. The second-order valence-electron chi connectivity index (χ2n) is 8.20. The Kier molecular flexibility index (Phi) is 6.30. The third kappa shape index (κ3) is 4.46. The van der Waals surface area contributed by atoms with Crippen molar-refractivity contribution in [3.63, 3.8) is 0 Å². The molecule has 0 saturated heterocycles. The number of hydrogen-bond donors (Lipinski definition) is 1. The smallest absolute Gasteiger partial charge is 0.157 e. The van der Waals surface area contributed by atoms with Gasteiger partial charge >= 0.3 is 0 Å². The van der Waals surface area contributed by atoms with Crippen LogP contribution in [0.2, 0.25) is 0 Å². The number of thioether (sulfide) groups is 1. The van der Waals surface area contributed by atoms with Gasteiger partial charge in [-0.15, -0.1) is 11.8 Å². The van der Waals surface area contributed by atoms with Crippen molar-refractivity contribution in [1.29, 1.82) is 0 Å². The molecule has 5 nitrogen and oxygen atoms in total. The Bertz CT molecular complexity index is 1190. The lowest BCUT2D eigenvalue weighted by atomic mass is 10.0. The molecule has 1 saturated carbocycles. The minimum atomic E-state index is 0.661. The second kappa shape index (κ2) is 9.65. The van der Waals surface area contributed by atoms with Crippen LogP contribution in [0.5, 0.6) is 5.75 Å². The zero-order valence-electron chi connectivity index (χ0n) is 18.3. The van der Waals surface area contributed by atoms with Gasteiger partial charge in [0.25, 0.3) is 0 Å². The summed E-state index contributed by atoms with van der Waals surface area (Å²) < 4.78 is 7.77. The summed E-state index contributed by atoms with van der Waals surface area (Å²) >= 11 is 1.96. The first kappa shape index (κ1) is 20.9. The number of rotatable bonds is 7. The van der Waals surface area contributed by atoms with E-state index in [0.717, 1.165) is 35.0 Å². The normalized spacial score (nSPS) is 14.5. The van der Waals surface area contributed by atoms with Gasteiger partial charge < -0.3 is 10.1 Å². The van der Waals surface area contributed by atoms with Crippen molar-refractivity contribution in [2.24, 2.45) is 0 Å². The predicted molar refractivity (Wildman–Crippen MR) is 131 cm³/mol. The number of nitrogens with zero attached hydrogens (tertiary/aromatic N) is 3. The zero-order valence-corrected chi connectivity index (χ0v) is 19.1.